The molecule has 0 spiro atoms. The molecule has 0 aliphatic heterocycles. The van der Waals surface area contributed by atoms with Gasteiger partial charge < -0.3 is 20.5 Å². The minimum absolute atomic E-state index is 0.200. The zero-order valence-electron chi connectivity index (χ0n) is 10.8. The van der Waals surface area contributed by atoms with E-state index in [1.54, 1.807) is 0 Å². The Hall–Kier alpha value is -1.30. The average molecular weight is 258 g/mol. The zero-order chi connectivity index (χ0) is 13.4. The minimum Gasteiger partial charge on any atom is -0.479 e. The van der Waals surface area contributed by atoms with E-state index in [1.807, 2.05) is 0 Å². The van der Waals surface area contributed by atoms with Gasteiger partial charge in [-0.25, -0.2) is 9.59 Å². The first-order valence-electron chi connectivity index (χ1n) is 6.48. The van der Waals surface area contributed by atoms with E-state index in [2.05, 4.69) is 10.6 Å². The van der Waals surface area contributed by atoms with Crippen molar-refractivity contribution < 1.29 is 19.4 Å². The summed E-state index contributed by atoms with van der Waals surface area (Å²) in [6.45, 7) is 1.98. The summed E-state index contributed by atoms with van der Waals surface area (Å²) in [5.41, 5.74) is 0. The van der Waals surface area contributed by atoms with Gasteiger partial charge in [-0.1, -0.05) is 19.3 Å². The average Bonchev–Trinajstić information content (AvgIpc) is 2.35. The number of carbonyl (C=O) groups is 2. The summed E-state index contributed by atoms with van der Waals surface area (Å²) in [6, 6.07) is 0.0751. The van der Waals surface area contributed by atoms with Crippen molar-refractivity contribution in [1.29, 1.82) is 0 Å². The fourth-order valence-corrected chi connectivity index (χ4v) is 1.95. The number of carboxylic acid groups (broad SMARTS) is 1. The normalized spacial score (nSPS) is 18.1. The van der Waals surface area contributed by atoms with Crippen molar-refractivity contribution in [3.8, 4) is 0 Å². The first-order valence-corrected chi connectivity index (χ1v) is 6.48. The summed E-state index contributed by atoms with van der Waals surface area (Å²) in [5.74, 6) is -0.998. The summed E-state index contributed by atoms with van der Waals surface area (Å²) in [6.07, 6.45) is 4.84. The lowest BCUT2D eigenvalue weighted by atomic mass is 9.96. The van der Waals surface area contributed by atoms with Crippen molar-refractivity contribution in [1.82, 2.24) is 10.6 Å². The number of urea groups is 1. The van der Waals surface area contributed by atoms with Crippen LogP contribution < -0.4 is 10.6 Å². The highest BCUT2D eigenvalue weighted by Crippen LogP contribution is 2.16. The Bertz CT molecular complexity index is 277. The second-order valence-corrected chi connectivity index (χ2v) is 4.59. The monoisotopic (exact) mass is 258 g/mol. The molecule has 6 nitrogen and oxygen atoms in total. The second kappa shape index (κ2) is 7.92. The lowest BCUT2D eigenvalue weighted by molar-refractivity contribution is -0.148. The predicted octanol–water partition coefficient (Wildman–Crippen LogP) is 1.11. The number of aliphatic carboxylic acids is 1. The first kappa shape index (κ1) is 14.8. The van der Waals surface area contributed by atoms with Crippen molar-refractivity contribution in [3.63, 3.8) is 0 Å². The molecule has 2 amide bonds. The summed E-state index contributed by atoms with van der Waals surface area (Å²) in [7, 11) is 0. The molecule has 0 radical (unpaired) electrons. The number of carbonyl (C=O) groups excluding carboxylic acids is 1. The van der Waals surface area contributed by atoms with Crippen LogP contribution in [-0.4, -0.2) is 42.4 Å². The number of amides is 2. The van der Waals surface area contributed by atoms with Crippen molar-refractivity contribution in [2.45, 2.75) is 51.2 Å². The van der Waals surface area contributed by atoms with Gasteiger partial charge in [0.1, 0.15) is 0 Å². The molecule has 6 heteroatoms. The van der Waals surface area contributed by atoms with Crippen LogP contribution in [0, 0.1) is 0 Å². The number of ether oxygens (including phenoxy) is 1. The van der Waals surface area contributed by atoms with E-state index in [0.717, 1.165) is 12.8 Å². The Morgan fingerprint density at radius 1 is 1.33 bits per heavy atom. The van der Waals surface area contributed by atoms with Gasteiger partial charge in [0, 0.05) is 12.6 Å². The Kier molecular flexibility index (Phi) is 6.49. The molecule has 0 heterocycles. The molecule has 1 aliphatic carbocycles. The largest absolute Gasteiger partial charge is 0.479 e. The number of hydrogen-bond donors (Lipinski definition) is 3. The highest BCUT2D eigenvalue weighted by molar-refractivity contribution is 5.74. The third-order valence-electron chi connectivity index (χ3n) is 3.04. The molecular formula is C12H22N2O4. The Balaban J connectivity index is 2.04. The smallest absolute Gasteiger partial charge is 0.332 e. The maximum absolute atomic E-state index is 11.5. The number of nitrogens with one attached hydrogen (secondary N) is 2. The molecule has 1 aliphatic rings. The first-order chi connectivity index (χ1) is 8.59. The maximum atomic E-state index is 11.5. The van der Waals surface area contributed by atoms with Crippen LogP contribution in [0.4, 0.5) is 4.79 Å². The molecule has 3 N–H and O–H groups in total. The fourth-order valence-electron chi connectivity index (χ4n) is 1.95. The molecule has 1 unspecified atom stereocenters. The van der Waals surface area contributed by atoms with Crippen molar-refractivity contribution in [2.24, 2.45) is 0 Å². The van der Waals surface area contributed by atoms with E-state index in [-0.39, 0.29) is 18.7 Å². The van der Waals surface area contributed by atoms with Gasteiger partial charge in [-0.15, -0.1) is 0 Å². The Morgan fingerprint density at radius 3 is 2.61 bits per heavy atom. The van der Waals surface area contributed by atoms with Gasteiger partial charge in [0.2, 0.25) is 0 Å². The molecule has 0 bridgehead atoms. The van der Waals surface area contributed by atoms with Crippen LogP contribution in [0.25, 0.3) is 0 Å². The van der Waals surface area contributed by atoms with Gasteiger partial charge in [-0.05, 0) is 19.8 Å². The Labute approximate surface area is 107 Å². The highest BCUT2D eigenvalue weighted by Gasteiger charge is 2.15. The fraction of sp³-hybridized carbons (Fsp3) is 0.833. The van der Waals surface area contributed by atoms with Crippen LogP contribution in [0.5, 0.6) is 0 Å². The van der Waals surface area contributed by atoms with Crippen LogP contribution in [0.2, 0.25) is 0 Å². The predicted molar refractivity (Wildman–Crippen MR) is 66.5 cm³/mol. The molecule has 18 heavy (non-hydrogen) atoms. The van der Waals surface area contributed by atoms with Gasteiger partial charge in [-0.3, -0.25) is 0 Å². The summed E-state index contributed by atoms with van der Waals surface area (Å²) in [4.78, 5) is 22.0. The van der Waals surface area contributed by atoms with Gasteiger partial charge in [0.25, 0.3) is 0 Å². The topological polar surface area (TPSA) is 87.7 Å². The Morgan fingerprint density at radius 2 is 2.00 bits per heavy atom. The summed E-state index contributed by atoms with van der Waals surface area (Å²) >= 11 is 0. The molecular weight excluding hydrogens is 236 g/mol. The van der Waals surface area contributed by atoms with E-state index in [1.165, 1.54) is 26.2 Å². The van der Waals surface area contributed by atoms with Gasteiger partial charge in [-0.2, -0.15) is 0 Å². The molecule has 104 valence electrons. The van der Waals surface area contributed by atoms with Gasteiger partial charge >= 0.3 is 12.0 Å². The second-order valence-electron chi connectivity index (χ2n) is 4.59. The third kappa shape index (κ3) is 5.86. The van der Waals surface area contributed by atoms with Crippen LogP contribution >= 0.6 is 0 Å². The lowest BCUT2D eigenvalue weighted by Gasteiger charge is -2.22. The molecule has 0 aromatic rings. The van der Waals surface area contributed by atoms with Crippen LogP contribution in [0.3, 0.4) is 0 Å². The van der Waals surface area contributed by atoms with Crippen molar-refractivity contribution in [2.75, 3.05) is 13.2 Å². The molecule has 1 fully saturated rings. The molecule has 0 aromatic carbocycles. The van der Waals surface area contributed by atoms with E-state index in [4.69, 9.17) is 9.84 Å². The summed E-state index contributed by atoms with van der Waals surface area (Å²) in [5, 5.41) is 14.1. The molecule has 0 saturated heterocycles. The SMILES string of the molecule is CC(OCCNC(=O)NC1CCCCC1)C(=O)O. The summed E-state index contributed by atoms with van der Waals surface area (Å²) < 4.78 is 5.00. The van der Waals surface area contributed by atoms with E-state index < -0.39 is 12.1 Å². The van der Waals surface area contributed by atoms with Gasteiger partial charge in [0.05, 0.1) is 6.61 Å². The van der Waals surface area contributed by atoms with Crippen molar-refractivity contribution >= 4 is 12.0 Å². The third-order valence-corrected chi connectivity index (χ3v) is 3.04. The van der Waals surface area contributed by atoms with Crippen LogP contribution in [0.15, 0.2) is 0 Å². The van der Waals surface area contributed by atoms with E-state index >= 15 is 0 Å². The maximum Gasteiger partial charge on any atom is 0.332 e. The quantitative estimate of drug-likeness (QED) is 0.623. The minimum atomic E-state index is -0.998. The van der Waals surface area contributed by atoms with Crippen LogP contribution in [-0.2, 0) is 9.53 Å². The molecule has 0 aromatic heterocycles. The zero-order valence-corrected chi connectivity index (χ0v) is 10.8. The van der Waals surface area contributed by atoms with E-state index in [9.17, 15) is 9.59 Å². The number of carboxylic acids is 1. The van der Waals surface area contributed by atoms with Crippen molar-refractivity contribution in [3.05, 3.63) is 0 Å². The highest BCUT2D eigenvalue weighted by atomic mass is 16.5. The number of hydrogen-bond acceptors (Lipinski definition) is 3. The molecule has 1 rings (SSSR count). The standard InChI is InChI=1S/C12H22N2O4/c1-9(11(15)16)18-8-7-13-12(17)14-10-5-3-2-4-6-10/h9-10H,2-8H2,1H3,(H,15,16)(H2,13,14,17). The molecule has 1 saturated carbocycles. The van der Waals surface area contributed by atoms with Gasteiger partial charge in [0.15, 0.2) is 6.10 Å². The molecule has 1 atom stereocenters. The number of rotatable bonds is 6. The lowest BCUT2D eigenvalue weighted by Crippen LogP contribution is -2.44. The van der Waals surface area contributed by atoms with Crippen LogP contribution in [0.1, 0.15) is 39.0 Å². The van der Waals surface area contributed by atoms with E-state index in [0.29, 0.717) is 6.54 Å².